The number of hydrogen-bond acceptors (Lipinski definition) is 6. The minimum absolute atomic E-state index is 0.188. The molecule has 21 heavy (non-hydrogen) atoms. The van der Waals surface area contributed by atoms with E-state index in [-0.39, 0.29) is 12.1 Å². The number of rotatable bonds is 4. The fourth-order valence-corrected chi connectivity index (χ4v) is 3.14. The van der Waals surface area contributed by atoms with Gasteiger partial charge < -0.3 is 15.0 Å². The molecule has 0 radical (unpaired) electrons. The zero-order valence-electron chi connectivity index (χ0n) is 12.2. The Morgan fingerprint density at radius 1 is 1.43 bits per heavy atom. The van der Waals surface area contributed by atoms with E-state index in [0.717, 1.165) is 22.8 Å². The van der Waals surface area contributed by atoms with Crippen molar-refractivity contribution in [2.75, 3.05) is 5.75 Å². The van der Waals surface area contributed by atoms with Crippen molar-refractivity contribution in [3.8, 4) is 5.75 Å². The molecule has 1 aliphatic heterocycles. The molecule has 1 unspecified atom stereocenters. The molecule has 0 bridgehead atoms. The van der Waals surface area contributed by atoms with Crippen LogP contribution in [0.4, 0.5) is 0 Å². The predicted octanol–water partition coefficient (Wildman–Crippen LogP) is 3.34. The summed E-state index contributed by atoms with van der Waals surface area (Å²) in [6.07, 6.45) is 0.786. The third-order valence-electron chi connectivity index (χ3n) is 3.80. The fraction of sp³-hybridized carbons (Fsp3) is 0.467. The quantitative estimate of drug-likeness (QED) is 0.933. The minimum atomic E-state index is -0.222. The van der Waals surface area contributed by atoms with Gasteiger partial charge in [0.1, 0.15) is 5.75 Å². The number of nitrogens with zero attached hydrogens (tertiary/aromatic N) is 2. The Kier molecular flexibility index (Phi) is 4.17. The lowest BCUT2D eigenvalue weighted by molar-refractivity contribution is 0.204. The van der Waals surface area contributed by atoms with Crippen molar-refractivity contribution in [1.82, 2.24) is 10.1 Å². The number of fused-ring (bicyclic) bond motifs is 1. The number of benzene rings is 1. The summed E-state index contributed by atoms with van der Waals surface area (Å²) in [5, 5.41) is 4.05. The van der Waals surface area contributed by atoms with Gasteiger partial charge in [-0.1, -0.05) is 37.6 Å². The van der Waals surface area contributed by atoms with Crippen LogP contribution in [0.5, 0.6) is 5.75 Å². The molecule has 0 amide bonds. The van der Waals surface area contributed by atoms with E-state index in [1.807, 2.05) is 18.2 Å². The van der Waals surface area contributed by atoms with Crippen molar-refractivity contribution >= 4 is 11.8 Å². The van der Waals surface area contributed by atoms with E-state index >= 15 is 0 Å². The van der Waals surface area contributed by atoms with Crippen molar-refractivity contribution in [2.45, 2.75) is 37.3 Å². The first-order valence-corrected chi connectivity index (χ1v) is 8.15. The van der Waals surface area contributed by atoms with E-state index < -0.39 is 0 Å². The lowest BCUT2D eigenvalue weighted by Crippen LogP contribution is -2.20. The number of aromatic nitrogens is 2. The Morgan fingerprint density at radius 3 is 3.05 bits per heavy atom. The maximum atomic E-state index is 6.13. The molecule has 0 aliphatic carbocycles. The SMILES string of the molecule is CC[C@H](C)[C@H](N)c1nc(C2CSc3ccccc3O2)no1. The van der Waals surface area contributed by atoms with Crippen LogP contribution in [0.3, 0.4) is 0 Å². The first-order valence-electron chi connectivity index (χ1n) is 7.16. The first-order chi connectivity index (χ1) is 10.2. The monoisotopic (exact) mass is 305 g/mol. The lowest BCUT2D eigenvalue weighted by atomic mass is 10.0. The zero-order valence-corrected chi connectivity index (χ0v) is 13.0. The Bertz CT molecular complexity index is 616. The van der Waals surface area contributed by atoms with Crippen molar-refractivity contribution in [3.05, 3.63) is 36.0 Å². The largest absolute Gasteiger partial charge is 0.480 e. The highest BCUT2D eigenvalue weighted by Gasteiger charge is 2.28. The van der Waals surface area contributed by atoms with E-state index in [1.165, 1.54) is 0 Å². The van der Waals surface area contributed by atoms with E-state index in [2.05, 4.69) is 30.1 Å². The normalized spacial score (nSPS) is 20.4. The summed E-state index contributed by atoms with van der Waals surface area (Å²) >= 11 is 1.74. The Morgan fingerprint density at radius 2 is 2.24 bits per heavy atom. The summed E-state index contributed by atoms with van der Waals surface area (Å²) in [5.41, 5.74) is 6.13. The fourth-order valence-electron chi connectivity index (χ4n) is 2.16. The number of ether oxygens (including phenoxy) is 1. The van der Waals surface area contributed by atoms with Crippen LogP contribution in [-0.4, -0.2) is 15.9 Å². The molecule has 0 saturated heterocycles. The second-order valence-electron chi connectivity index (χ2n) is 5.27. The predicted molar refractivity (Wildman–Crippen MR) is 81.2 cm³/mol. The van der Waals surface area contributed by atoms with Gasteiger partial charge in [-0.3, -0.25) is 0 Å². The average Bonchev–Trinajstić information content (AvgIpc) is 3.02. The van der Waals surface area contributed by atoms with Gasteiger partial charge in [0.15, 0.2) is 6.10 Å². The van der Waals surface area contributed by atoms with Crippen molar-refractivity contribution in [1.29, 1.82) is 0 Å². The van der Waals surface area contributed by atoms with Gasteiger partial charge in [0.2, 0.25) is 11.7 Å². The summed E-state index contributed by atoms with van der Waals surface area (Å²) in [6, 6.07) is 7.76. The number of thioether (sulfide) groups is 1. The molecule has 2 N–H and O–H groups in total. The third kappa shape index (κ3) is 2.91. The van der Waals surface area contributed by atoms with E-state index in [0.29, 0.717) is 17.6 Å². The maximum absolute atomic E-state index is 6.13. The van der Waals surface area contributed by atoms with Crippen LogP contribution in [0.15, 0.2) is 33.7 Å². The van der Waals surface area contributed by atoms with Crippen LogP contribution >= 0.6 is 11.8 Å². The van der Waals surface area contributed by atoms with Crippen molar-refractivity contribution in [2.24, 2.45) is 11.7 Å². The molecule has 1 aromatic carbocycles. The molecule has 5 nitrogen and oxygen atoms in total. The van der Waals surface area contributed by atoms with Crippen LogP contribution in [0.2, 0.25) is 0 Å². The average molecular weight is 305 g/mol. The number of hydrogen-bond donors (Lipinski definition) is 1. The van der Waals surface area contributed by atoms with Crippen LogP contribution in [0, 0.1) is 5.92 Å². The Hall–Kier alpha value is -1.53. The molecule has 0 fully saturated rings. The smallest absolute Gasteiger partial charge is 0.243 e. The Balaban J connectivity index is 1.76. The van der Waals surface area contributed by atoms with Gasteiger partial charge in [-0.15, -0.1) is 11.8 Å². The maximum Gasteiger partial charge on any atom is 0.243 e. The van der Waals surface area contributed by atoms with Gasteiger partial charge in [0.25, 0.3) is 0 Å². The van der Waals surface area contributed by atoms with Gasteiger partial charge in [-0.2, -0.15) is 4.98 Å². The summed E-state index contributed by atoms with van der Waals surface area (Å²) in [4.78, 5) is 5.58. The van der Waals surface area contributed by atoms with Crippen LogP contribution in [0.25, 0.3) is 0 Å². The lowest BCUT2D eigenvalue weighted by Gasteiger charge is -2.23. The highest BCUT2D eigenvalue weighted by Crippen LogP contribution is 2.39. The highest BCUT2D eigenvalue weighted by atomic mass is 32.2. The summed E-state index contributed by atoms with van der Waals surface area (Å²) in [6.45, 7) is 4.18. The van der Waals surface area contributed by atoms with Crippen molar-refractivity contribution < 1.29 is 9.26 Å². The van der Waals surface area contributed by atoms with E-state index in [1.54, 1.807) is 11.8 Å². The van der Waals surface area contributed by atoms with Gasteiger partial charge >= 0.3 is 0 Å². The second-order valence-corrected chi connectivity index (χ2v) is 6.33. The third-order valence-corrected chi connectivity index (χ3v) is 4.91. The van der Waals surface area contributed by atoms with Crippen molar-refractivity contribution in [3.63, 3.8) is 0 Å². The highest BCUT2D eigenvalue weighted by molar-refractivity contribution is 7.99. The number of nitrogens with two attached hydrogens (primary N) is 1. The first kappa shape index (κ1) is 14.4. The molecule has 0 spiro atoms. The van der Waals surface area contributed by atoms with Gasteiger partial charge in [0, 0.05) is 10.6 Å². The van der Waals surface area contributed by atoms with Gasteiger partial charge in [0.05, 0.1) is 6.04 Å². The molecule has 2 aromatic rings. The van der Waals surface area contributed by atoms with Crippen LogP contribution < -0.4 is 10.5 Å². The summed E-state index contributed by atoms with van der Waals surface area (Å²) in [5.74, 6) is 3.02. The standard InChI is InChI=1S/C15H19N3O2S/c1-3-9(2)13(16)15-17-14(18-20-15)11-8-21-12-7-5-4-6-10(12)19-11/h4-7,9,11,13H,3,8,16H2,1-2H3/t9-,11?,13-/m0/s1. The van der Waals surface area contributed by atoms with Gasteiger partial charge in [-0.05, 0) is 18.1 Å². The number of para-hydroxylation sites is 1. The van der Waals surface area contributed by atoms with E-state index in [4.69, 9.17) is 15.0 Å². The van der Waals surface area contributed by atoms with Gasteiger partial charge in [-0.25, -0.2) is 0 Å². The summed E-state index contributed by atoms with van der Waals surface area (Å²) < 4.78 is 11.3. The molecular formula is C15H19N3O2S. The molecule has 0 saturated carbocycles. The molecule has 1 aromatic heterocycles. The van der Waals surface area contributed by atoms with Crippen LogP contribution in [0.1, 0.15) is 44.1 Å². The molecule has 6 heteroatoms. The molecule has 3 atom stereocenters. The second kappa shape index (κ2) is 6.07. The minimum Gasteiger partial charge on any atom is -0.480 e. The topological polar surface area (TPSA) is 74.2 Å². The molecular weight excluding hydrogens is 286 g/mol. The molecule has 2 heterocycles. The zero-order chi connectivity index (χ0) is 14.8. The van der Waals surface area contributed by atoms with Crippen LogP contribution in [-0.2, 0) is 0 Å². The Labute approximate surface area is 128 Å². The molecule has 3 rings (SSSR count). The summed E-state index contributed by atoms with van der Waals surface area (Å²) in [7, 11) is 0. The molecule has 1 aliphatic rings. The van der Waals surface area contributed by atoms with E-state index in [9.17, 15) is 0 Å². The molecule has 112 valence electrons.